The minimum atomic E-state index is -4.36. The van der Waals surface area contributed by atoms with Crippen molar-refractivity contribution in [1.29, 1.82) is 0 Å². The van der Waals surface area contributed by atoms with Crippen molar-refractivity contribution >= 4 is 11.6 Å². The van der Waals surface area contributed by atoms with Crippen molar-refractivity contribution in [2.75, 3.05) is 0 Å². The normalized spacial score (nSPS) is 13.5. The summed E-state index contributed by atoms with van der Waals surface area (Å²) in [7, 11) is 0. The molecule has 7 heteroatoms. The standard InChI is InChI=1S/C12H10ClF3N2O/c13-10-6-5-9(19-10)11(18-17)7-1-3-8(4-2-7)12(14,15)16/h1-6,11,18H,17H2. The summed E-state index contributed by atoms with van der Waals surface area (Å²) in [4.78, 5) is 0. The molecule has 0 radical (unpaired) electrons. The number of nitrogens with two attached hydrogens (primary N) is 1. The number of hydrazine groups is 1. The number of hydrogen-bond donors (Lipinski definition) is 2. The minimum Gasteiger partial charge on any atom is -0.448 e. The van der Waals surface area contributed by atoms with E-state index in [1.54, 1.807) is 6.07 Å². The van der Waals surface area contributed by atoms with Gasteiger partial charge in [0.2, 0.25) is 0 Å². The molecule has 3 N–H and O–H groups in total. The summed E-state index contributed by atoms with van der Waals surface area (Å²) in [6, 6.07) is 7.23. The van der Waals surface area contributed by atoms with E-state index in [-0.39, 0.29) is 5.22 Å². The number of nitrogens with one attached hydrogen (secondary N) is 1. The molecule has 3 nitrogen and oxygen atoms in total. The average Bonchev–Trinajstić information content (AvgIpc) is 2.76. The molecule has 1 aromatic heterocycles. The summed E-state index contributed by atoms with van der Waals surface area (Å²) in [5.41, 5.74) is 2.30. The van der Waals surface area contributed by atoms with E-state index in [0.29, 0.717) is 11.3 Å². The number of hydrogen-bond acceptors (Lipinski definition) is 3. The molecule has 2 aromatic rings. The molecule has 1 aromatic carbocycles. The van der Waals surface area contributed by atoms with Gasteiger partial charge in [-0.05, 0) is 41.4 Å². The van der Waals surface area contributed by atoms with Crippen molar-refractivity contribution < 1.29 is 17.6 Å². The van der Waals surface area contributed by atoms with Gasteiger partial charge in [0.05, 0.1) is 5.56 Å². The fourth-order valence-electron chi connectivity index (χ4n) is 1.69. The number of alkyl halides is 3. The third-order valence-corrected chi connectivity index (χ3v) is 2.82. The molecule has 0 spiro atoms. The predicted molar refractivity (Wildman–Crippen MR) is 64.3 cm³/mol. The monoisotopic (exact) mass is 290 g/mol. The Morgan fingerprint density at radius 3 is 2.16 bits per heavy atom. The van der Waals surface area contributed by atoms with Crippen molar-refractivity contribution in [2.24, 2.45) is 5.84 Å². The Morgan fingerprint density at radius 1 is 1.11 bits per heavy atom. The van der Waals surface area contributed by atoms with Gasteiger partial charge in [0.25, 0.3) is 0 Å². The van der Waals surface area contributed by atoms with Gasteiger partial charge < -0.3 is 4.42 Å². The first-order valence-corrected chi connectivity index (χ1v) is 5.68. The van der Waals surface area contributed by atoms with E-state index in [2.05, 4.69) is 5.43 Å². The van der Waals surface area contributed by atoms with Crippen LogP contribution in [0.5, 0.6) is 0 Å². The molecule has 19 heavy (non-hydrogen) atoms. The Labute approximate surface area is 112 Å². The quantitative estimate of drug-likeness (QED) is 0.672. The lowest BCUT2D eigenvalue weighted by Gasteiger charge is -2.15. The maximum atomic E-state index is 12.5. The molecule has 2 rings (SSSR count). The molecule has 0 aliphatic carbocycles. The van der Waals surface area contributed by atoms with Gasteiger partial charge in [0, 0.05) is 0 Å². The molecule has 0 amide bonds. The highest BCUT2D eigenvalue weighted by molar-refractivity contribution is 6.28. The maximum absolute atomic E-state index is 12.5. The van der Waals surface area contributed by atoms with Gasteiger partial charge in [-0.2, -0.15) is 13.2 Å². The van der Waals surface area contributed by atoms with Crippen molar-refractivity contribution in [2.45, 2.75) is 12.2 Å². The zero-order valence-electron chi connectivity index (χ0n) is 9.54. The van der Waals surface area contributed by atoms with Gasteiger partial charge >= 0.3 is 6.18 Å². The van der Waals surface area contributed by atoms with Crippen molar-refractivity contribution in [1.82, 2.24) is 5.43 Å². The van der Waals surface area contributed by atoms with Gasteiger partial charge in [-0.3, -0.25) is 5.84 Å². The Morgan fingerprint density at radius 2 is 1.74 bits per heavy atom. The Kier molecular flexibility index (Phi) is 3.84. The highest BCUT2D eigenvalue weighted by atomic mass is 35.5. The molecule has 0 saturated heterocycles. The summed E-state index contributed by atoms with van der Waals surface area (Å²) in [5.74, 6) is 5.82. The molecule has 0 saturated carbocycles. The number of halogens is 4. The van der Waals surface area contributed by atoms with Crippen molar-refractivity contribution in [3.8, 4) is 0 Å². The Hall–Kier alpha value is -1.50. The summed E-state index contributed by atoms with van der Waals surface area (Å²) in [5, 5.41) is 0.183. The van der Waals surface area contributed by atoms with Gasteiger partial charge in [0.1, 0.15) is 11.8 Å². The summed E-state index contributed by atoms with van der Waals surface area (Å²) in [6.07, 6.45) is -4.36. The molecule has 0 fully saturated rings. The SMILES string of the molecule is NNC(c1ccc(C(F)(F)F)cc1)c1ccc(Cl)o1. The molecule has 0 aliphatic heterocycles. The topological polar surface area (TPSA) is 51.2 Å². The number of rotatable bonds is 3. The van der Waals surface area contributed by atoms with Crippen LogP contribution in [0.3, 0.4) is 0 Å². The molecule has 0 aliphatic rings. The van der Waals surface area contributed by atoms with Crippen molar-refractivity contribution in [3.05, 3.63) is 58.5 Å². The number of furan rings is 1. The van der Waals surface area contributed by atoms with Crippen LogP contribution in [-0.2, 0) is 6.18 Å². The van der Waals surface area contributed by atoms with Gasteiger partial charge in [-0.15, -0.1) is 0 Å². The fraction of sp³-hybridized carbons (Fsp3) is 0.167. The maximum Gasteiger partial charge on any atom is 0.416 e. The second kappa shape index (κ2) is 5.24. The zero-order chi connectivity index (χ0) is 14.0. The van der Waals surface area contributed by atoms with Crippen LogP contribution in [0.2, 0.25) is 5.22 Å². The van der Waals surface area contributed by atoms with Gasteiger partial charge in [-0.1, -0.05) is 12.1 Å². The van der Waals surface area contributed by atoms with E-state index in [0.717, 1.165) is 12.1 Å². The van der Waals surface area contributed by atoms with Crippen LogP contribution in [-0.4, -0.2) is 0 Å². The molecule has 0 bridgehead atoms. The smallest absolute Gasteiger partial charge is 0.416 e. The van der Waals surface area contributed by atoms with E-state index in [1.165, 1.54) is 18.2 Å². The molecule has 1 atom stereocenters. The third-order valence-electron chi connectivity index (χ3n) is 2.62. The lowest BCUT2D eigenvalue weighted by molar-refractivity contribution is -0.137. The highest BCUT2D eigenvalue weighted by Crippen LogP contribution is 2.31. The second-order valence-corrected chi connectivity index (χ2v) is 4.23. The van der Waals surface area contributed by atoms with Crippen molar-refractivity contribution in [3.63, 3.8) is 0 Å². The first-order chi connectivity index (χ1) is 8.91. The lowest BCUT2D eigenvalue weighted by Crippen LogP contribution is -2.28. The van der Waals surface area contributed by atoms with Crippen LogP contribution in [0, 0.1) is 0 Å². The Bertz CT molecular complexity index is 551. The predicted octanol–water partition coefficient (Wildman–Crippen LogP) is 3.50. The first-order valence-electron chi connectivity index (χ1n) is 5.30. The van der Waals surface area contributed by atoms with Gasteiger partial charge in [0.15, 0.2) is 5.22 Å². The van der Waals surface area contributed by atoms with Crippen LogP contribution in [0.1, 0.15) is 22.9 Å². The summed E-state index contributed by atoms with van der Waals surface area (Å²) < 4.78 is 42.5. The highest BCUT2D eigenvalue weighted by Gasteiger charge is 2.30. The van der Waals surface area contributed by atoms with E-state index >= 15 is 0 Å². The fourth-order valence-corrected chi connectivity index (χ4v) is 1.84. The summed E-state index contributed by atoms with van der Waals surface area (Å²) in [6.45, 7) is 0. The molecular formula is C12H10ClF3N2O. The van der Waals surface area contributed by atoms with Crippen LogP contribution < -0.4 is 11.3 Å². The zero-order valence-corrected chi connectivity index (χ0v) is 10.3. The van der Waals surface area contributed by atoms with E-state index in [9.17, 15) is 13.2 Å². The molecule has 1 unspecified atom stereocenters. The average molecular weight is 291 g/mol. The minimum absolute atomic E-state index is 0.183. The Balaban J connectivity index is 2.30. The van der Waals surface area contributed by atoms with Crippen LogP contribution in [0.25, 0.3) is 0 Å². The molecule has 102 valence electrons. The molecule has 1 heterocycles. The molecular weight excluding hydrogens is 281 g/mol. The third kappa shape index (κ3) is 3.09. The van der Waals surface area contributed by atoms with E-state index < -0.39 is 17.8 Å². The van der Waals surface area contributed by atoms with E-state index in [4.69, 9.17) is 21.9 Å². The summed E-state index contributed by atoms with van der Waals surface area (Å²) >= 11 is 5.65. The van der Waals surface area contributed by atoms with Crippen LogP contribution in [0.15, 0.2) is 40.8 Å². The van der Waals surface area contributed by atoms with E-state index in [1.807, 2.05) is 0 Å². The van der Waals surface area contributed by atoms with Crippen LogP contribution >= 0.6 is 11.6 Å². The van der Waals surface area contributed by atoms with Gasteiger partial charge in [-0.25, -0.2) is 5.43 Å². The first kappa shape index (κ1) is 13.9. The van der Waals surface area contributed by atoms with Crippen LogP contribution in [0.4, 0.5) is 13.2 Å². The second-order valence-electron chi connectivity index (χ2n) is 3.86. The largest absolute Gasteiger partial charge is 0.448 e. The number of benzene rings is 1. The lowest BCUT2D eigenvalue weighted by atomic mass is 10.0.